The Bertz CT molecular complexity index is 1170. The van der Waals surface area contributed by atoms with Crippen molar-refractivity contribution in [2.75, 3.05) is 31.1 Å². The first-order valence-corrected chi connectivity index (χ1v) is 11.2. The van der Waals surface area contributed by atoms with E-state index < -0.39 is 34.5 Å². The van der Waals surface area contributed by atoms with Gasteiger partial charge in [-0.25, -0.2) is 4.39 Å². The van der Waals surface area contributed by atoms with Crippen LogP contribution in [0, 0.1) is 28.5 Å². The van der Waals surface area contributed by atoms with Gasteiger partial charge in [0.05, 0.1) is 29.5 Å². The lowest BCUT2D eigenvalue weighted by atomic mass is 9.70. The smallest absolute Gasteiger partial charge is 0.370 e. The molecule has 2 fully saturated rings. The quantitative estimate of drug-likeness (QED) is 0.668. The summed E-state index contributed by atoms with van der Waals surface area (Å²) in [5.41, 5.74) is 4.62. The Labute approximate surface area is 199 Å². The maximum atomic E-state index is 13.5. The molecule has 2 N–H and O–H groups in total. The van der Waals surface area contributed by atoms with Crippen LogP contribution >= 0.6 is 0 Å². The van der Waals surface area contributed by atoms with Gasteiger partial charge in [-0.3, -0.25) is 9.59 Å². The van der Waals surface area contributed by atoms with Crippen LogP contribution in [0.25, 0.3) is 0 Å². The summed E-state index contributed by atoms with van der Waals surface area (Å²) in [5, 5.41) is 9.05. The number of carbonyl (C=O) groups is 2. The van der Waals surface area contributed by atoms with E-state index >= 15 is 0 Å². The first-order valence-electron chi connectivity index (χ1n) is 11.2. The van der Waals surface area contributed by atoms with Crippen molar-refractivity contribution in [2.24, 2.45) is 17.1 Å². The van der Waals surface area contributed by atoms with E-state index in [2.05, 4.69) is 0 Å². The predicted molar refractivity (Wildman–Crippen MR) is 119 cm³/mol. The monoisotopic (exact) mass is 488 g/mol. The third kappa shape index (κ3) is 4.94. The maximum Gasteiger partial charge on any atom is 0.417 e. The molecule has 2 heterocycles. The van der Waals surface area contributed by atoms with Gasteiger partial charge >= 0.3 is 6.18 Å². The number of carbonyl (C=O) groups excluding carboxylic acids is 2. The van der Waals surface area contributed by atoms with Crippen LogP contribution in [0.5, 0.6) is 0 Å². The second kappa shape index (κ2) is 9.21. The number of rotatable bonds is 4. The number of amides is 2. The number of anilines is 1. The summed E-state index contributed by atoms with van der Waals surface area (Å²) >= 11 is 0. The van der Waals surface area contributed by atoms with Crippen LogP contribution in [0.2, 0.25) is 0 Å². The third-order valence-corrected chi connectivity index (χ3v) is 7.17. The zero-order valence-corrected chi connectivity index (χ0v) is 18.8. The van der Waals surface area contributed by atoms with Crippen molar-refractivity contribution in [3.63, 3.8) is 0 Å². The summed E-state index contributed by atoms with van der Waals surface area (Å²) in [6.07, 6.45) is -3.59. The average molecular weight is 488 g/mol. The van der Waals surface area contributed by atoms with Gasteiger partial charge in [0.15, 0.2) is 0 Å². The van der Waals surface area contributed by atoms with Gasteiger partial charge in [-0.2, -0.15) is 18.4 Å². The van der Waals surface area contributed by atoms with Gasteiger partial charge in [0.2, 0.25) is 11.8 Å². The molecular weight excluding hydrogens is 464 g/mol. The van der Waals surface area contributed by atoms with Crippen molar-refractivity contribution in [2.45, 2.75) is 25.4 Å². The highest BCUT2D eigenvalue weighted by Crippen LogP contribution is 2.46. The van der Waals surface area contributed by atoms with Crippen LogP contribution in [-0.4, -0.2) is 42.9 Å². The Morgan fingerprint density at radius 3 is 2.34 bits per heavy atom. The first-order chi connectivity index (χ1) is 16.5. The molecule has 0 radical (unpaired) electrons. The highest BCUT2D eigenvalue weighted by Gasteiger charge is 2.51. The molecule has 0 aromatic heterocycles. The molecule has 184 valence electrons. The van der Waals surface area contributed by atoms with Crippen LogP contribution in [0.3, 0.4) is 0 Å². The van der Waals surface area contributed by atoms with Crippen molar-refractivity contribution in [1.82, 2.24) is 4.90 Å². The van der Waals surface area contributed by atoms with E-state index in [1.54, 1.807) is 28.0 Å². The summed E-state index contributed by atoms with van der Waals surface area (Å²) in [6, 6.07) is 10.8. The van der Waals surface area contributed by atoms with Gasteiger partial charge in [0.25, 0.3) is 0 Å². The van der Waals surface area contributed by atoms with Crippen molar-refractivity contribution in [3.05, 3.63) is 65.0 Å². The molecule has 4 rings (SSSR count). The summed E-state index contributed by atoms with van der Waals surface area (Å²) in [4.78, 5) is 28.5. The van der Waals surface area contributed by atoms with Gasteiger partial charge in [0, 0.05) is 37.3 Å². The molecule has 2 aromatic rings. The van der Waals surface area contributed by atoms with E-state index in [9.17, 15) is 27.2 Å². The van der Waals surface area contributed by atoms with Gasteiger partial charge in [-0.15, -0.1) is 0 Å². The average Bonchev–Trinajstić information content (AvgIpc) is 3.19. The van der Waals surface area contributed by atoms with Gasteiger partial charge in [-0.05, 0) is 48.7 Å². The number of hydrogen-bond donors (Lipinski definition) is 1. The standard InChI is InChI=1S/C25H24F4N4O2/c26-18-4-1-16(2-5-18)11-22(34)32-9-7-24(8-10-32)15-33(14-21(24)23(31)35)19-6-3-17(13-30)20(12-19)25(27,28)29/h1-6,12,21H,7-11,14-15H2,(H2,31,35). The van der Waals surface area contributed by atoms with Gasteiger partial charge < -0.3 is 15.5 Å². The van der Waals surface area contributed by atoms with Crippen LogP contribution in [0.4, 0.5) is 23.2 Å². The molecular formula is C25H24F4N4O2. The Morgan fingerprint density at radius 2 is 1.77 bits per heavy atom. The Hall–Kier alpha value is -3.61. The van der Waals surface area contributed by atoms with Crippen LogP contribution in [0.1, 0.15) is 29.5 Å². The summed E-state index contributed by atoms with van der Waals surface area (Å²) < 4.78 is 53.5. The molecule has 2 saturated heterocycles. The number of hydrogen-bond acceptors (Lipinski definition) is 4. The second-order valence-electron chi connectivity index (χ2n) is 9.22. The molecule has 0 saturated carbocycles. The number of nitrogens with two attached hydrogens (primary N) is 1. The lowest BCUT2D eigenvalue weighted by molar-refractivity contribution is -0.138. The van der Waals surface area contributed by atoms with Crippen molar-refractivity contribution >= 4 is 17.5 Å². The SMILES string of the molecule is N#Cc1ccc(N2CC(C(N)=O)C3(CCN(C(=O)Cc4ccc(F)cc4)CC3)C2)cc1C(F)(F)F. The van der Waals surface area contributed by atoms with E-state index in [0.29, 0.717) is 38.0 Å². The molecule has 10 heteroatoms. The minimum absolute atomic E-state index is 0.112. The predicted octanol–water partition coefficient (Wildman–Crippen LogP) is 3.49. The van der Waals surface area contributed by atoms with Gasteiger partial charge in [0.1, 0.15) is 5.82 Å². The van der Waals surface area contributed by atoms with Crippen molar-refractivity contribution in [1.29, 1.82) is 5.26 Å². The number of likely N-dealkylation sites (tertiary alicyclic amines) is 1. The molecule has 6 nitrogen and oxygen atoms in total. The molecule has 2 aromatic carbocycles. The van der Waals surface area contributed by atoms with E-state index in [1.165, 1.54) is 18.2 Å². The van der Waals surface area contributed by atoms with Crippen LogP contribution in [0.15, 0.2) is 42.5 Å². The fourth-order valence-electron chi connectivity index (χ4n) is 5.22. The number of nitriles is 1. The van der Waals surface area contributed by atoms with E-state index in [0.717, 1.165) is 12.1 Å². The van der Waals surface area contributed by atoms with E-state index in [4.69, 9.17) is 11.0 Å². The normalized spacial score (nSPS) is 19.6. The Balaban J connectivity index is 1.49. The number of halogens is 4. The molecule has 1 spiro atoms. The third-order valence-electron chi connectivity index (χ3n) is 7.17. The fourth-order valence-corrected chi connectivity index (χ4v) is 5.22. The van der Waals surface area contributed by atoms with Crippen LogP contribution < -0.4 is 10.6 Å². The first kappa shape index (κ1) is 24.5. The Kier molecular flexibility index (Phi) is 6.45. The highest BCUT2D eigenvalue weighted by molar-refractivity contribution is 5.81. The molecule has 0 bridgehead atoms. The van der Waals surface area contributed by atoms with Crippen LogP contribution in [-0.2, 0) is 22.2 Å². The van der Waals surface area contributed by atoms with Crippen molar-refractivity contribution in [3.8, 4) is 6.07 Å². The maximum absolute atomic E-state index is 13.5. The lowest BCUT2D eigenvalue weighted by Gasteiger charge is -2.41. The molecule has 35 heavy (non-hydrogen) atoms. The zero-order chi connectivity index (χ0) is 25.4. The largest absolute Gasteiger partial charge is 0.417 e. The van der Waals surface area contributed by atoms with E-state index in [1.807, 2.05) is 0 Å². The van der Waals surface area contributed by atoms with Crippen molar-refractivity contribution < 1.29 is 27.2 Å². The van der Waals surface area contributed by atoms with Gasteiger partial charge in [-0.1, -0.05) is 12.1 Å². The number of benzene rings is 2. The molecule has 2 aliphatic heterocycles. The Morgan fingerprint density at radius 1 is 1.11 bits per heavy atom. The molecule has 1 unspecified atom stereocenters. The number of primary amides is 1. The minimum Gasteiger partial charge on any atom is -0.370 e. The van der Waals surface area contributed by atoms with E-state index in [-0.39, 0.29) is 30.4 Å². The zero-order valence-electron chi connectivity index (χ0n) is 18.8. The topological polar surface area (TPSA) is 90.4 Å². The summed E-state index contributed by atoms with van der Waals surface area (Å²) in [6.45, 7) is 1.27. The molecule has 1 atom stereocenters. The summed E-state index contributed by atoms with van der Waals surface area (Å²) in [7, 11) is 0. The second-order valence-corrected chi connectivity index (χ2v) is 9.22. The molecule has 2 amide bonds. The lowest BCUT2D eigenvalue weighted by Crippen LogP contribution is -2.49. The highest BCUT2D eigenvalue weighted by atomic mass is 19.4. The fraction of sp³-hybridized carbons (Fsp3) is 0.400. The number of piperidine rings is 1. The summed E-state index contributed by atoms with van der Waals surface area (Å²) in [5.74, 6) is -1.60. The molecule has 0 aliphatic carbocycles. The number of alkyl halides is 3. The number of nitrogens with zero attached hydrogens (tertiary/aromatic N) is 3. The molecule has 2 aliphatic rings. The minimum atomic E-state index is -4.68.